The number of rotatable bonds is 2. The topological polar surface area (TPSA) is 57.8 Å². The number of H-pyrrole nitrogens is 1. The van der Waals surface area contributed by atoms with E-state index in [1.54, 1.807) is 6.20 Å². The van der Waals surface area contributed by atoms with Gasteiger partial charge >= 0.3 is 0 Å². The number of anilines is 1. The second kappa shape index (κ2) is 5.25. The molecular weight excluding hydrogens is 294 g/mol. The van der Waals surface area contributed by atoms with Gasteiger partial charge in [0.1, 0.15) is 0 Å². The Bertz CT molecular complexity index is 835. The van der Waals surface area contributed by atoms with Gasteiger partial charge in [0.15, 0.2) is 5.13 Å². The van der Waals surface area contributed by atoms with Gasteiger partial charge in [0.05, 0.1) is 0 Å². The van der Waals surface area contributed by atoms with Crippen molar-refractivity contribution in [1.29, 1.82) is 0 Å². The highest BCUT2D eigenvalue weighted by atomic mass is 32.1. The van der Waals surface area contributed by atoms with Gasteiger partial charge in [0, 0.05) is 33.7 Å². The lowest BCUT2D eigenvalue weighted by atomic mass is 9.87. The van der Waals surface area contributed by atoms with E-state index >= 15 is 0 Å². The van der Waals surface area contributed by atoms with Gasteiger partial charge in [-0.3, -0.25) is 10.1 Å². The number of thiazole rings is 1. The van der Waals surface area contributed by atoms with Gasteiger partial charge in [-0.15, -0.1) is 11.3 Å². The number of nitrogens with zero attached hydrogens (tertiary/aromatic N) is 1. The summed E-state index contributed by atoms with van der Waals surface area (Å²) in [5.74, 6) is 0.606. The molecule has 5 heteroatoms. The van der Waals surface area contributed by atoms with Crippen molar-refractivity contribution in [3.05, 3.63) is 46.6 Å². The lowest BCUT2D eigenvalue weighted by Gasteiger charge is -2.18. The first-order chi connectivity index (χ1) is 10.7. The highest BCUT2D eigenvalue weighted by molar-refractivity contribution is 7.13. The molecular formula is C17H17N3OS. The zero-order valence-corrected chi connectivity index (χ0v) is 13.2. The molecule has 0 fully saturated rings. The third-order valence-electron chi connectivity index (χ3n) is 4.35. The molecule has 2 heterocycles. The zero-order valence-electron chi connectivity index (χ0n) is 12.3. The van der Waals surface area contributed by atoms with E-state index in [-0.39, 0.29) is 5.91 Å². The number of carbonyl (C=O) groups excluding carboxylic acids is 1. The fourth-order valence-electron chi connectivity index (χ4n) is 3.19. The van der Waals surface area contributed by atoms with Gasteiger partial charge in [-0.25, -0.2) is 4.98 Å². The van der Waals surface area contributed by atoms with E-state index in [0.29, 0.717) is 16.6 Å². The fraction of sp³-hybridized carbons (Fsp3) is 0.294. The molecule has 1 aromatic carbocycles. The third kappa shape index (κ3) is 2.31. The first-order valence-corrected chi connectivity index (χ1v) is 8.43. The van der Waals surface area contributed by atoms with Crippen LogP contribution in [0.4, 0.5) is 5.13 Å². The van der Waals surface area contributed by atoms with Crippen LogP contribution in [-0.4, -0.2) is 15.9 Å². The van der Waals surface area contributed by atoms with E-state index in [1.807, 2.05) is 23.6 Å². The van der Waals surface area contributed by atoms with E-state index in [1.165, 1.54) is 34.4 Å². The standard InChI is InChI=1S/C17H17N3OS/c1-10-2-4-14-12(8-10)13-9-11(3-5-15(13)19-14)16(21)20-17-18-6-7-22-17/h3,5-7,9-10,19H,2,4,8H2,1H3,(H,18,20,21). The highest BCUT2D eigenvalue weighted by Gasteiger charge is 2.20. The first kappa shape index (κ1) is 13.5. The molecule has 1 aliphatic carbocycles. The average molecular weight is 311 g/mol. The summed E-state index contributed by atoms with van der Waals surface area (Å²) >= 11 is 1.43. The number of benzene rings is 1. The molecule has 3 aromatic rings. The second-order valence-corrected chi connectivity index (χ2v) is 6.88. The molecule has 1 unspecified atom stereocenters. The quantitative estimate of drug-likeness (QED) is 0.751. The van der Waals surface area contributed by atoms with E-state index in [4.69, 9.17) is 0 Å². The van der Waals surface area contributed by atoms with Crippen LogP contribution in [0.1, 0.15) is 35.0 Å². The number of aromatic nitrogens is 2. The van der Waals surface area contributed by atoms with Crippen LogP contribution in [0, 0.1) is 5.92 Å². The summed E-state index contributed by atoms with van der Waals surface area (Å²) in [6.45, 7) is 2.29. The van der Waals surface area contributed by atoms with E-state index < -0.39 is 0 Å². The number of hydrogen-bond donors (Lipinski definition) is 2. The smallest absolute Gasteiger partial charge is 0.257 e. The van der Waals surface area contributed by atoms with Crippen molar-refractivity contribution in [2.45, 2.75) is 26.2 Å². The van der Waals surface area contributed by atoms with E-state index in [9.17, 15) is 4.79 Å². The maximum Gasteiger partial charge on any atom is 0.257 e. The number of nitrogens with one attached hydrogen (secondary N) is 2. The molecule has 1 amide bonds. The predicted octanol–water partition coefficient (Wildman–Crippen LogP) is 4.00. The van der Waals surface area contributed by atoms with Gasteiger partial charge in [0.2, 0.25) is 0 Å². The van der Waals surface area contributed by atoms with Crippen LogP contribution in [0.25, 0.3) is 10.9 Å². The largest absolute Gasteiger partial charge is 0.358 e. The Morgan fingerprint density at radius 3 is 3.18 bits per heavy atom. The number of fused-ring (bicyclic) bond motifs is 3. The third-order valence-corrected chi connectivity index (χ3v) is 5.04. The summed E-state index contributed by atoms with van der Waals surface area (Å²) in [6.07, 6.45) is 5.11. The lowest BCUT2D eigenvalue weighted by molar-refractivity contribution is 0.102. The normalized spacial score (nSPS) is 17.4. The van der Waals surface area contributed by atoms with Crippen LogP contribution in [0.2, 0.25) is 0 Å². The minimum absolute atomic E-state index is 0.101. The van der Waals surface area contributed by atoms with Gasteiger partial charge in [-0.2, -0.15) is 0 Å². The lowest BCUT2D eigenvalue weighted by Crippen LogP contribution is -2.12. The second-order valence-electron chi connectivity index (χ2n) is 5.98. The zero-order chi connectivity index (χ0) is 15.1. The monoisotopic (exact) mass is 311 g/mol. The molecule has 112 valence electrons. The van der Waals surface area contributed by atoms with Gasteiger partial charge in [-0.1, -0.05) is 6.92 Å². The van der Waals surface area contributed by atoms with E-state index in [0.717, 1.165) is 18.4 Å². The maximum absolute atomic E-state index is 12.4. The Morgan fingerprint density at radius 2 is 2.36 bits per heavy atom. The van der Waals surface area contributed by atoms with Crippen molar-refractivity contribution in [1.82, 2.24) is 9.97 Å². The summed E-state index contributed by atoms with van der Waals surface area (Å²) < 4.78 is 0. The summed E-state index contributed by atoms with van der Waals surface area (Å²) in [5, 5.41) is 6.51. The molecule has 0 saturated carbocycles. The van der Waals surface area contributed by atoms with Crippen LogP contribution < -0.4 is 5.32 Å². The molecule has 0 aliphatic heterocycles. The number of carbonyl (C=O) groups is 1. The molecule has 4 rings (SSSR count). The van der Waals surface area contributed by atoms with Crippen molar-refractivity contribution in [3.63, 3.8) is 0 Å². The van der Waals surface area contributed by atoms with Gasteiger partial charge in [-0.05, 0) is 48.9 Å². The maximum atomic E-state index is 12.4. The molecule has 1 aliphatic rings. The minimum atomic E-state index is -0.101. The fourth-order valence-corrected chi connectivity index (χ4v) is 3.71. The summed E-state index contributed by atoms with van der Waals surface area (Å²) in [6, 6.07) is 5.89. The Kier molecular flexibility index (Phi) is 3.22. The molecule has 22 heavy (non-hydrogen) atoms. The Balaban J connectivity index is 1.71. The molecule has 0 radical (unpaired) electrons. The molecule has 0 spiro atoms. The van der Waals surface area contributed by atoms with E-state index in [2.05, 4.69) is 22.2 Å². The first-order valence-electron chi connectivity index (χ1n) is 7.55. The molecule has 2 N–H and O–H groups in total. The number of aromatic amines is 1. The summed E-state index contributed by atoms with van der Waals surface area (Å²) in [5.41, 5.74) is 4.54. The van der Waals surface area contributed by atoms with Crippen LogP contribution in [0.15, 0.2) is 29.8 Å². The van der Waals surface area contributed by atoms with Crippen molar-refractivity contribution < 1.29 is 4.79 Å². The molecule has 2 aromatic heterocycles. The summed E-state index contributed by atoms with van der Waals surface area (Å²) in [4.78, 5) is 20.0. The van der Waals surface area contributed by atoms with Crippen molar-refractivity contribution in [3.8, 4) is 0 Å². The molecule has 0 bridgehead atoms. The van der Waals surface area contributed by atoms with Crippen molar-refractivity contribution in [2.24, 2.45) is 5.92 Å². The predicted molar refractivity (Wildman–Crippen MR) is 89.6 cm³/mol. The van der Waals surface area contributed by atoms with Crippen LogP contribution in [0.3, 0.4) is 0 Å². The minimum Gasteiger partial charge on any atom is -0.358 e. The molecule has 0 saturated heterocycles. The van der Waals surface area contributed by atoms with Crippen LogP contribution in [0.5, 0.6) is 0 Å². The average Bonchev–Trinajstić information content (AvgIpc) is 3.14. The number of hydrogen-bond acceptors (Lipinski definition) is 3. The van der Waals surface area contributed by atoms with Crippen molar-refractivity contribution >= 4 is 33.3 Å². The van der Waals surface area contributed by atoms with Crippen LogP contribution in [-0.2, 0) is 12.8 Å². The van der Waals surface area contributed by atoms with Crippen LogP contribution >= 0.6 is 11.3 Å². The number of aryl methyl sites for hydroxylation is 1. The molecule has 4 nitrogen and oxygen atoms in total. The Hall–Kier alpha value is -2.14. The SMILES string of the molecule is CC1CCc2[nH]c3ccc(C(=O)Nc4nccs4)cc3c2C1. The van der Waals surface area contributed by atoms with Gasteiger partial charge in [0.25, 0.3) is 5.91 Å². The summed E-state index contributed by atoms with van der Waals surface area (Å²) in [7, 11) is 0. The Morgan fingerprint density at radius 1 is 1.45 bits per heavy atom. The number of amides is 1. The Labute approximate surface area is 132 Å². The van der Waals surface area contributed by atoms with Gasteiger partial charge < -0.3 is 4.98 Å². The highest BCUT2D eigenvalue weighted by Crippen LogP contribution is 2.32. The molecule has 1 atom stereocenters. The van der Waals surface area contributed by atoms with Crippen molar-refractivity contribution in [2.75, 3.05) is 5.32 Å².